The maximum absolute atomic E-state index is 3.73. The van der Waals surface area contributed by atoms with E-state index in [1.165, 1.54) is 22.3 Å². The van der Waals surface area contributed by atoms with Gasteiger partial charge in [0.2, 0.25) is 0 Å². The van der Waals surface area contributed by atoms with Gasteiger partial charge >= 0.3 is 0 Å². The normalized spacial score (nSPS) is 18.0. The largest absolute Gasteiger partial charge is 0.313 e. The molecule has 1 atom stereocenters. The Bertz CT molecular complexity index is 574. The van der Waals surface area contributed by atoms with E-state index >= 15 is 0 Å². The van der Waals surface area contributed by atoms with Crippen molar-refractivity contribution in [2.45, 2.75) is 38.9 Å². The Balaban J connectivity index is 1.69. The van der Waals surface area contributed by atoms with Crippen LogP contribution >= 0.6 is 0 Å². The van der Waals surface area contributed by atoms with Crippen LogP contribution in [-0.2, 0) is 19.5 Å². The van der Waals surface area contributed by atoms with E-state index in [9.17, 15) is 0 Å². The predicted octanol–water partition coefficient (Wildman–Crippen LogP) is 3.57. The summed E-state index contributed by atoms with van der Waals surface area (Å²) in [4.78, 5) is 0. The second kappa shape index (κ2) is 6.88. The molecule has 2 heteroatoms. The van der Waals surface area contributed by atoms with E-state index in [2.05, 4.69) is 66.1 Å². The van der Waals surface area contributed by atoms with Crippen LogP contribution in [0.4, 0.5) is 0 Å². The molecule has 0 fully saturated rings. The molecule has 0 saturated carbocycles. The molecule has 2 aromatic carbocycles. The molecule has 2 aromatic rings. The van der Waals surface area contributed by atoms with Gasteiger partial charge in [0.25, 0.3) is 0 Å². The van der Waals surface area contributed by atoms with Gasteiger partial charge in [-0.3, -0.25) is 0 Å². The minimum absolute atomic E-state index is 0.446. The Kier molecular flexibility index (Phi) is 4.69. The van der Waals surface area contributed by atoms with Crippen LogP contribution in [0.5, 0.6) is 0 Å². The lowest BCUT2D eigenvalue weighted by molar-refractivity contribution is 0.496. The van der Waals surface area contributed by atoms with E-state index in [1.807, 2.05) is 0 Å². The maximum atomic E-state index is 3.73. The highest BCUT2D eigenvalue weighted by molar-refractivity contribution is 5.31. The quantitative estimate of drug-likeness (QED) is 0.894. The predicted molar refractivity (Wildman–Crippen MR) is 88.2 cm³/mol. The summed E-state index contributed by atoms with van der Waals surface area (Å²) in [5.74, 6) is 0. The van der Waals surface area contributed by atoms with Gasteiger partial charge in [0, 0.05) is 19.1 Å². The van der Waals surface area contributed by atoms with Gasteiger partial charge in [-0.2, -0.15) is 0 Å². The van der Waals surface area contributed by atoms with E-state index in [0.29, 0.717) is 6.04 Å². The summed E-state index contributed by atoms with van der Waals surface area (Å²) < 4.78 is 0. The number of fused-ring (bicyclic) bond motifs is 1. The topological polar surface area (TPSA) is 24.1 Å². The van der Waals surface area contributed by atoms with Gasteiger partial charge in [-0.15, -0.1) is 0 Å². The first-order chi connectivity index (χ1) is 10.4. The number of benzene rings is 2. The lowest BCUT2D eigenvalue weighted by Crippen LogP contribution is -2.22. The van der Waals surface area contributed by atoms with Crippen molar-refractivity contribution in [1.82, 2.24) is 10.6 Å². The van der Waals surface area contributed by atoms with Crippen molar-refractivity contribution < 1.29 is 0 Å². The first kappa shape index (κ1) is 14.3. The van der Waals surface area contributed by atoms with E-state index in [-0.39, 0.29) is 0 Å². The zero-order chi connectivity index (χ0) is 14.5. The van der Waals surface area contributed by atoms with Gasteiger partial charge in [0.15, 0.2) is 0 Å². The molecule has 0 radical (unpaired) electrons. The Labute approximate surface area is 127 Å². The third-order valence-corrected chi connectivity index (χ3v) is 4.34. The van der Waals surface area contributed by atoms with Gasteiger partial charge in [0.05, 0.1) is 0 Å². The van der Waals surface area contributed by atoms with Crippen LogP contribution in [0.15, 0.2) is 48.5 Å². The first-order valence-electron chi connectivity index (χ1n) is 7.96. The molecule has 0 bridgehead atoms. The fraction of sp³-hybridized carbons (Fsp3) is 0.368. The van der Waals surface area contributed by atoms with Gasteiger partial charge in [-0.05, 0) is 41.6 Å². The Hall–Kier alpha value is -1.64. The third kappa shape index (κ3) is 3.52. The fourth-order valence-electron chi connectivity index (χ4n) is 3.01. The molecule has 1 aliphatic rings. The molecule has 3 rings (SSSR count). The minimum Gasteiger partial charge on any atom is -0.313 e. The third-order valence-electron chi connectivity index (χ3n) is 4.34. The summed E-state index contributed by atoms with van der Waals surface area (Å²) in [7, 11) is 0. The monoisotopic (exact) mass is 280 g/mol. The molecule has 1 aliphatic heterocycles. The number of rotatable bonds is 4. The molecule has 1 heterocycles. The fourth-order valence-corrected chi connectivity index (χ4v) is 3.01. The highest BCUT2D eigenvalue weighted by Gasteiger charge is 2.17. The highest BCUT2D eigenvalue weighted by Crippen LogP contribution is 2.23. The Morgan fingerprint density at radius 2 is 1.81 bits per heavy atom. The molecular weight excluding hydrogens is 256 g/mol. The van der Waals surface area contributed by atoms with Crippen molar-refractivity contribution in [2.75, 3.05) is 6.54 Å². The summed E-state index contributed by atoms with van der Waals surface area (Å²) >= 11 is 0. The Morgan fingerprint density at radius 3 is 2.62 bits per heavy atom. The van der Waals surface area contributed by atoms with Crippen LogP contribution in [0.25, 0.3) is 0 Å². The SMILES string of the molecule is CCc1ccc(CNC2CCNCc3ccccc32)cc1. The average Bonchev–Trinajstić information content (AvgIpc) is 2.76. The summed E-state index contributed by atoms with van der Waals surface area (Å²) in [6.45, 7) is 5.19. The molecule has 0 spiro atoms. The average molecular weight is 280 g/mol. The van der Waals surface area contributed by atoms with Gasteiger partial charge < -0.3 is 10.6 Å². The second-order valence-corrected chi connectivity index (χ2v) is 5.77. The zero-order valence-electron chi connectivity index (χ0n) is 12.7. The van der Waals surface area contributed by atoms with Crippen LogP contribution in [0.3, 0.4) is 0 Å². The minimum atomic E-state index is 0.446. The molecule has 21 heavy (non-hydrogen) atoms. The summed E-state index contributed by atoms with van der Waals surface area (Å²) in [6, 6.07) is 18.2. The zero-order valence-corrected chi connectivity index (χ0v) is 12.7. The molecule has 110 valence electrons. The molecular formula is C19H24N2. The molecule has 2 N–H and O–H groups in total. The van der Waals surface area contributed by atoms with Crippen molar-refractivity contribution in [3.8, 4) is 0 Å². The van der Waals surface area contributed by atoms with E-state index in [0.717, 1.165) is 32.5 Å². The smallest absolute Gasteiger partial charge is 0.0338 e. The van der Waals surface area contributed by atoms with Crippen molar-refractivity contribution in [3.63, 3.8) is 0 Å². The van der Waals surface area contributed by atoms with Gasteiger partial charge in [-0.1, -0.05) is 55.5 Å². The summed E-state index contributed by atoms with van der Waals surface area (Å²) in [5.41, 5.74) is 5.64. The molecule has 1 unspecified atom stereocenters. The highest BCUT2D eigenvalue weighted by atomic mass is 14.9. The number of aryl methyl sites for hydroxylation is 1. The summed E-state index contributed by atoms with van der Waals surface area (Å²) in [6.07, 6.45) is 2.25. The maximum Gasteiger partial charge on any atom is 0.0338 e. The number of hydrogen-bond acceptors (Lipinski definition) is 2. The van der Waals surface area contributed by atoms with Crippen molar-refractivity contribution in [3.05, 3.63) is 70.8 Å². The van der Waals surface area contributed by atoms with Crippen molar-refractivity contribution in [1.29, 1.82) is 0 Å². The Morgan fingerprint density at radius 1 is 1.05 bits per heavy atom. The van der Waals surface area contributed by atoms with E-state index in [4.69, 9.17) is 0 Å². The van der Waals surface area contributed by atoms with Crippen LogP contribution in [0, 0.1) is 0 Å². The first-order valence-corrected chi connectivity index (χ1v) is 7.96. The molecule has 0 aromatic heterocycles. The summed E-state index contributed by atoms with van der Waals surface area (Å²) in [5, 5.41) is 7.24. The van der Waals surface area contributed by atoms with Crippen molar-refractivity contribution >= 4 is 0 Å². The van der Waals surface area contributed by atoms with E-state index in [1.54, 1.807) is 0 Å². The molecule has 0 amide bonds. The van der Waals surface area contributed by atoms with Crippen LogP contribution in [0.2, 0.25) is 0 Å². The number of hydrogen-bond donors (Lipinski definition) is 2. The van der Waals surface area contributed by atoms with Gasteiger partial charge in [-0.25, -0.2) is 0 Å². The van der Waals surface area contributed by atoms with Crippen molar-refractivity contribution in [2.24, 2.45) is 0 Å². The standard InChI is InChI=1S/C19H24N2/c1-2-15-7-9-16(10-8-15)13-21-19-11-12-20-14-17-5-3-4-6-18(17)19/h3-10,19-21H,2,11-14H2,1H3. The molecule has 2 nitrogen and oxygen atoms in total. The van der Waals surface area contributed by atoms with Crippen LogP contribution in [-0.4, -0.2) is 6.54 Å². The lowest BCUT2D eigenvalue weighted by atomic mass is 9.99. The molecule has 0 aliphatic carbocycles. The van der Waals surface area contributed by atoms with Crippen LogP contribution < -0.4 is 10.6 Å². The second-order valence-electron chi connectivity index (χ2n) is 5.77. The lowest BCUT2D eigenvalue weighted by Gasteiger charge is -2.19. The van der Waals surface area contributed by atoms with E-state index < -0.39 is 0 Å². The van der Waals surface area contributed by atoms with Gasteiger partial charge in [0.1, 0.15) is 0 Å². The van der Waals surface area contributed by atoms with Crippen LogP contribution in [0.1, 0.15) is 41.6 Å². The number of nitrogens with one attached hydrogen (secondary N) is 2. The molecule has 0 saturated heterocycles.